The number of benzene rings is 1. The summed E-state index contributed by atoms with van der Waals surface area (Å²) in [7, 11) is 1.98. The van der Waals surface area contributed by atoms with Gasteiger partial charge in [0.1, 0.15) is 0 Å². The minimum Gasteiger partial charge on any atom is -0.365 e. The number of nitrogens with zero attached hydrogens (tertiary/aromatic N) is 2. The minimum atomic E-state index is 0.254. The first-order valence-electron chi connectivity index (χ1n) is 7.24. The van der Waals surface area contributed by atoms with Gasteiger partial charge >= 0.3 is 0 Å². The van der Waals surface area contributed by atoms with Crippen molar-refractivity contribution in [2.24, 2.45) is 5.92 Å². The van der Waals surface area contributed by atoms with Gasteiger partial charge in [-0.1, -0.05) is 31.5 Å². The fourth-order valence-electron chi connectivity index (χ4n) is 2.70. The SMILES string of the molecule is CCC1CCCN(C(=O)CN(C)c2ccccc2)C1. The summed E-state index contributed by atoms with van der Waals surface area (Å²) in [5, 5.41) is 0. The first-order chi connectivity index (χ1) is 9.20. The molecule has 1 fully saturated rings. The summed E-state index contributed by atoms with van der Waals surface area (Å²) in [6.07, 6.45) is 3.60. The van der Waals surface area contributed by atoms with E-state index in [2.05, 4.69) is 6.92 Å². The number of hydrogen-bond donors (Lipinski definition) is 0. The second kappa shape index (κ2) is 6.60. The van der Waals surface area contributed by atoms with Gasteiger partial charge < -0.3 is 9.80 Å². The van der Waals surface area contributed by atoms with E-state index in [1.165, 1.54) is 12.8 Å². The van der Waals surface area contributed by atoms with Crippen LogP contribution in [0.1, 0.15) is 26.2 Å². The lowest BCUT2D eigenvalue weighted by Crippen LogP contribution is -2.44. The predicted octanol–water partition coefficient (Wildman–Crippen LogP) is 2.77. The van der Waals surface area contributed by atoms with Crippen LogP contribution >= 0.6 is 0 Å². The molecule has 1 unspecified atom stereocenters. The van der Waals surface area contributed by atoms with Gasteiger partial charge in [-0.15, -0.1) is 0 Å². The molecule has 19 heavy (non-hydrogen) atoms. The summed E-state index contributed by atoms with van der Waals surface area (Å²) in [6.45, 7) is 4.56. The number of rotatable bonds is 4. The van der Waals surface area contributed by atoms with E-state index in [4.69, 9.17) is 0 Å². The van der Waals surface area contributed by atoms with Crippen LogP contribution in [0.15, 0.2) is 30.3 Å². The van der Waals surface area contributed by atoms with E-state index in [1.54, 1.807) is 0 Å². The van der Waals surface area contributed by atoms with Gasteiger partial charge in [0.25, 0.3) is 0 Å². The van der Waals surface area contributed by atoms with Crippen LogP contribution in [0, 0.1) is 5.92 Å². The molecule has 2 rings (SSSR count). The molecule has 104 valence electrons. The number of likely N-dealkylation sites (tertiary alicyclic amines) is 1. The van der Waals surface area contributed by atoms with Crippen LogP contribution in [0.2, 0.25) is 0 Å². The second-order valence-electron chi connectivity index (χ2n) is 5.45. The molecule has 0 spiro atoms. The molecule has 1 amide bonds. The highest BCUT2D eigenvalue weighted by Crippen LogP contribution is 2.19. The highest BCUT2D eigenvalue weighted by atomic mass is 16.2. The average molecular weight is 260 g/mol. The molecule has 1 saturated heterocycles. The Morgan fingerprint density at radius 2 is 2.11 bits per heavy atom. The molecule has 1 aliphatic heterocycles. The van der Waals surface area contributed by atoms with E-state index >= 15 is 0 Å². The number of carbonyl (C=O) groups is 1. The van der Waals surface area contributed by atoms with E-state index in [0.29, 0.717) is 12.5 Å². The molecule has 1 aliphatic rings. The van der Waals surface area contributed by atoms with Crippen molar-refractivity contribution in [1.29, 1.82) is 0 Å². The molecule has 3 nitrogen and oxygen atoms in total. The molecule has 3 heteroatoms. The third kappa shape index (κ3) is 3.72. The molecule has 0 radical (unpaired) electrons. The monoisotopic (exact) mass is 260 g/mol. The quantitative estimate of drug-likeness (QED) is 0.831. The zero-order valence-corrected chi connectivity index (χ0v) is 12.0. The third-order valence-corrected chi connectivity index (χ3v) is 4.02. The van der Waals surface area contributed by atoms with E-state index in [9.17, 15) is 4.79 Å². The van der Waals surface area contributed by atoms with E-state index < -0.39 is 0 Å². The van der Waals surface area contributed by atoms with Crippen LogP contribution in [-0.2, 0) is 4.79 Å². The lowest BCUT2D eigenvalue weighted by Gasteiger charge is -2.33. The van der Waals surface area contributed by atoms with Crippen LogP contribution in [0.3, 0.4) is 0 Å². The van der Waals surface area contributed by atoms with Gasteiger partial charge in [0.15, 0.2) is 0 Å². The highest BCUT2D eigenvalue weighted by molar-refractivity contribution is 5.81. The van der Waals surface area contributed by atoms with E-state index in [1.807, 2.05) is 47.2 Å². The van der Waals surface area contributed by atoms with Crippen LogP contribution in [0.4, 0.5) is 5.69 Å². The maximum absolute atomic E-state index is 12.3. The normalized spacial score (nSPS) is 19.3. The summed E-state index contributed by atoms with van der Waals surface area (Å²) < 4.78 is 0. The molecule has 0 bridgehead atoms. The molecular weight excluding hydrogens is 236 g/mol. The molecule has 1 atom stereocenters. The molecular formula is C16H24N2O. The topological polar surface area (TPSA) is 23.6 Å². The summed E-state index contributed by atoms with van der Waals surface area (Å²) in [4.78, 5) is 16.4. The summed E-state index contributed by atoms with van der Waals surface area (Å²) in [6, 6.07) is 10.1. The van der Waals surface area contributed by atoms with Crippen LogP contribution in [0.5, 0.6) is 0 Å². The highest BCUT2D eigenvalue weighted by Gasteiger charge is 2.23. The number of hydrogen-bond acceptors (Lipinski definition) is 2. The third-order valence-electron chi connectivity index (χ3n) is 4.02. The molecule has 0 aliphatic carbocycles. The van der Waals surface area contributed by atoms with Gasteiger partial charge in [0.05, 0.1) is 6.54 Å². The Morgan fingerprint density at radius 1 is 1.37 bits per heavy atom. The van der Waals surface area contributed by atoms with Crippen LogP contribution < -0.4 is 4.90 Å². The Bertz CT molecular complexity index is 404. The number of likely N-dealkylation sites (N-methyl/N-ethyl adjacent to an activating group) is 1. The standard InChI is InChI=1S/C16H24N2O/c1-3-14-8-7-11-18(12-14)16(19)13-17(2)15-9-5-4-6-10-15/h4-6,9-10,14H,3,7-8,11-13H2,1-2H3. The Balaban J connectivity index is 1.90. The zero-order chi connectivity index (χ0) is 13.7. The van der Waals surface area contributed by atoms with Gasteiger partial charge in [-0.25, -0.2) is 0 Å². The molecule has 1 aromatic rings. The number of carbonyl (C=O) groups excluding carboxylic acids is 1. The largest absolute Gasteiger partial charge is 0.365 e. The van der Waals surface area contributed by atoms with Crippen molar-refractivity contribution in [2.75, 3.05) is 31.6 Å². The average Bonchev–Trinajstić information content (AvgIpc) is 2.48. The van der Waals surface area contributed by atoms with Gasteiger partial charge in [-0.3, -0.25) is 4.79 Å². The Hall–Kier alpha value is -1.51. The van der Waals surface area contributed by atoms with Crippen molar-refractivity contribution in [1.82, 2.24) is 4.90 Å². The Morgan fingerprint density at radius 3 is 2.79 bits per heavy atom. The fourth-order valence-corrected chi connectivity index (χ4v) is 2.70. The molecule has 0 aromatic heterocycles. The zero-order valence-electron chi connectivity index (χ0n) is 12.0. The number of amides is 1. The number of anilines is 1. The molecule has 0 N–H and O–H groups in total. The lowest BCUT2D eigenvalue weighted by molar-refractivity contribution is -0.131. The number of para-hydroxylation sites is 1. The maximum Gasteiger partial charge on any atom is 0.242 e. The summed E-state index contributed by atoms with van der Waals surface area (Å²) >= 11 is 0. The first-order valence-corrected chi connectivity index (χ1v) is 7.24. The fraction of sp³-hybridized carbons (Fsp3) is 0.562. The number of piperidine rings is 1. The van der Waals surface area contributed by atoms with Crippen LogP contribution in [-0.4, -0.2) is 37.5 Å². The smallest absolute Gasteiger partial charge is 0.242 e. The Labute approximate surface area is 116 Å². The van der Waals surface area contributed by atoms with Crippen molar-refractivity contribution < 1.29 is 4.79 Å². The van der Waals surface area contributed by atoms with Crippen LogP contribution in [0.25, 0.3) is 0 Å². The first kappa shape index (κ1) is 13.9. The molecule has 1 heterocycles. The Kier molecular flexibility index (Phi) is 4.83. The van der Waals surface area contributed by atoms with Gasteiger partial charge in [-0.2, -0.15) is 0 Å². The van der Waals surface area contributed by atoms with Crippen molar-refractivity contribution >= 4 is 11.6 Å². The second-order valence-corrected chi connectivity index (χ2v) is 5.45. The lowest BCUT2D eigenvalue weighted by atomic mass is 9.95. The maximum atomic E-state index is 12.3. The summed E-state index contributed by atoms with van der Waals surface area (Å²) in [5.41, 5.74) is 1.10. The van der Waals surface area contributed by atoms with Gasteiger partial charge in [0, 0.05) is 25.8 Å². The summed E-state index contributed by atoms with van der Waals surface area (Å²) in [5.74, 6) is 0.948. The van der Waals surface area contributed by atoms with Crippen molar-refractivity contribution in [2.45, 2.75) is 26.2 Å². The molecule has 1 aromatic carbocycles. The van der Waals surface area contributed by atoms with Crippen molar-refractivity contribution in [3.63, 3.8) is 0 Å². The van der Waals surface area contributed by atoms with Gasteiger partial charge in [0.2, 0.25) is 5.91 Å². The molecule has 0 saturated carbocycles. The van der Waals surface area contributed by atoms with Crippen molar-refractivity contribution in [3.8, 4) is 0 Å². The van der Waals surface area contributed by atoms with Gasteiger partial charge in [-0.05, 0) is 30.9 Å². The minimum absolute atomic E-state index is 0.254. The van der Waals surface area contributed by atoms with E-state index in [-0.39, 0.29) is 5.91 Å². The van der Waals surface area contributed by atoms with Crippen molar-refractivity contribution in [3.05, 3.63) is 30.3 Å². The van der Waals surface area contributed by atoms with E-state index in [0.717, 1.165) is 25.2 Å². The predicted molar refractivity (Wildman–Crippen MR) is 79.3 cm³/mol.